The molecule has 0 atom stereocenters. The van der Waals surface area contributed by atoms with Crippen LogP contribution in [0.2, 0.25) is 0 Å². The number of pyridine rings is 1. The van der Waals surface area contributed by atoms with E-state index in [1.54, 1.807) is 30.5 Å². The third-order valence-electron chi connectivity index (χ3n) is 5.21. The third-order valence-corrected chi connectivity index (χ3v) is 5.21. The van der Waals surface area contributed by atoms with Gasteiger partial charge in [-0.15, -0.1) is 0 Å². The van der Waals surface area contributed by atoms with E-state index in [2.05, 4.69) is 10.3 Å². The van der Waals surface area contributed by atoms with Crippen molar-refractivity contribution in [1.82, 2.24) is 10.3 Å². The summed E-state index contributed by atoms with van der Waals surface area (Å²) < 4.78 is 56.0. The van der Waals surface area contributed by atoms with Crippen LogP contribution >= 0.6 is 0 Å². The average molecular weight is 446 g/mol. The molecule has 2 aromatic carbocycles. The zero-order valence-corrected chi connectivity index (χ0v) is 17.8. The van der Waals surface area contributed by atoms with E-state index in [-0.39, 0.29) is 11.7 Å². The van der Waals surface area contributed by atoms with E-state index in [0.717, 1.165) is 49.7 Å². The van der Waals surface area contributed by atoms with Crippen molar-refractivity contribution < 1.29 is 22.3 Å². The molecule has 1 saturated heterocycles. The standard InChI is InChI=1S/C13H12FNO.C12H14F3N/c1-2-11-9-13(6-7-15-11)16-12-5-3-4-10(14)8-12;13-12(14,15)11-3-1-2-10(8-11)9-4-6-16-7-5-9/h3-9H,2H2,1H3;1-3,8-9,16H,4-7H2. The van der Waals surface area contributed by atoms with Gasteiger partial charge in [-0.25, -0.2) is 4.39 Å². The number of nitrogens with one attached hydrogen (secondary N) is 1. The second-order valence-corrected chi connectivity index (χ2v) is 7.54. The van der Waals surface area contributed by atoms with Gasteiger partial charge in [-0.1, -0.05) is 31.2 Å². The minimum atomic E-state index is -4.23. The molecule has 7 heteroatoms. The van der Waals surface area contributed by atoms with E-state index >= 15 is 0 Å². The molecule has 0 amide bonds. The summed E-state index contributed by atoms with van der Waals surface area (Å²) in [5, 5.41) is 3.21. The maximum Gasteiger partial charge on any atom is 0.416 e. The van der Waals surface area contributed by atoms with Gasteiger partial charge in [-0.2, -0.15) is 13.2 Å². The van der Waals surface area contributed by atoms with Gasteiger partial charge < -0.3 is 10.1 Å². The van der Waals surface area contributed by atoms with E-state index in [0.29, 0.717) is 11.5 Å². The Morgan fingerprint density at radius 3 is 2.38 bits per heavy atom. The van der Waals surface area contributed by atoms with Crippen LogP contribution in [0.4, 0.5) is 17.6 Å². The quantitative estimate of drug-likeness (QED) is 0.450. The van der Waals surface area contributed by atoms with Crippen molar-refractivity contribution in [2.75, 3.05) is 13.1 Å². The lowest BCUT2D eigenvalue weighted by Gasteiger charge is -2.23. The molecule has 1 aliphatic heterocycles. The van der Waals surface area contributed by atoms with Crippen LogP contribution in [0.1, 0.15) is 42.5 Å². The number of hydrogen-bond donors (Lipinski definition) is 1. The highest BCUT2D eigenvalue weighted by Gasteiger charge is 2.31. The van der Waals surface area contributed by atoms with Gasteiger partial charge in [0.05, 0.1) is 5.56 Å². The number of hydrogen-bond acceptors (Lipinski definition) is 3. The minimum absolute atomic E-state index is 0.267. The Bertz CT molecular complexity index is 1000. The molecular formula is C25H26F4N2O. The first-order valence-corrected chi connectivity index (χ1v) is 10.6. The van der Waals surface area contributed by atoms with E-state index in [1.165, 1.54) is 24.3 Å². The maximum absolute atomic E-state index is 12.9. The first kappa shape index (κ1) is 23.7. The Morgan fingerprint density at radius 1 is 0.969 bits per heavy atom. The molecule has 4 rings (SSSR count). The van der Waals surface area contributed by atoms with Crippen molar-refractivity contribution in [3.8, 4) is 11.5 Å². The minimum Gasteiger partial charge on any atom is -0.457 e. The van der Waals surface area contributed by atoms with Crippen molar-refractivity contribution >= 4 is 0 Å². The number of rotatable bonds is 4. The maximum atomic E-state index is 12.9. The second kappa shape index (κ2) is 11.1. The van der Waals surface area contributed by atoms with Gasteiger partial charge in [-0.05, 0) is 68.1 Å². The van der Waals surface area contributed by atoms with Crippen LogP contribution in [-0.4, -0.2) is 18.1 Å². The molecule has 1 N–H and O–H groups in total. The van der Waals surface area contributed by atoms with Crippen LogP contribution in [0.3, 0.4) is 0 Å². The lowest BCUT2D eigenvalue weighted by atomic mass is 9.89. The molecule has 1 fully saturated rings. The molecule has 0 unspecified atom stereocenters. The van der Waals surface area contributed by atoms with Crippen molar-refractivity contribution in [2.24, 2.45) is 0 Å². The molecule has 0 radical (unpaired) electrons. The second-order valence-electron chi connectivity index (χ2n) is 7.54. The van der Waals surface area contributed by atoms with E-state index in [9.17, 15) is 17.6 Å². The molecule has 32 heavy (non-hydrogen) atoms. The monoisotopic (exact) mass is 446 g/mol. The van der Waals surface area contributed by atoms with Crippen LogP contribution < -0.4 is 10.1 Å². The topological polar surface area (TPSA) is 34.1 Å². The van der Waals surface area contributed by atoms with Gasteiger partial charge in [0.25, 0.3) is 0 Å². The molecular weight excluding hydrogens is 420 g/mol. The van der Waals surface area contributed by atoms with E-state index in [4.69, 9.17) is 4.74 Å². The van der Waals surface area contributed by atoms with Crippen LogP contribution in [0.25, 0.3) is 0 Å². The highest BCUT2D eigenvalue weighted by Crippen LogP contribution is 2.33. The highest BCUT2D eigenvalue weighted by molar-refractivity contribution is 5.31. The Balaban J connectivity index is 0.000000181. The SMILES string of the molecule is CCc1cc(Oc2cccc(F)c2)ccn1.FC(F)(F)c1cccc(C2CCNCC2)c1. The number of alkyl halides is 3. The van der Waals surface area contributed by atoms with Crippen molar-refractivity contribution in [1.29, 1.82) is 0 Å². The van der Waals surface area contributed by atoms with Gasteiger partial charge in [0.15, 0.2) is 0 Å². The Labute approximate surface area is 185 Å². The molecule has 0 saturated carbocycles. The predicted molar refractivity (Wildman–Crippen MR) is 116 cm³/mol. The summed E-state index contributed by atoms with van der Waals surface area (Å²) in [5.41, 5.74) is 1.23. The lowest BCUT2D eigenvalue weighted by Crippen LogP contribution is -2.26. The van der Waals surface area contributed by atoms with Gasteiger partial charge >= 0.3 is 6.18 Å². The Kier molecular flexibility index (Phi) is 8.22. The number of nitrogens with zero attached hydrogens (tertiary/aromatic N) is 1. The van der Waals surface area contributed by atoms with E-state index < -0.39 is 11.7 Å². The molecule has 3 aromatic rings. The number of aromatic nitrogens is 1. The highest BCUT2D eigenvalue weighted by atomic mass is 19.4. The van der Waals surface area contributed by atoms with Crippen LogP contribution in [0, 0.1) is 5.82 Å². The number of piperidine rings is 1. The van der Waals surface area contributed by atoms with Gasteiger partial charge in [-0.3, -0.25) is 4.98 Å². The van der Waals surface area contributed by atoms with Gasteiger partial charge in [0.2, 0.25) is 0 Å². The largest absolute Gasteiger partial charge is 0.457 e. The fraction of sp³-hybridized carbons (Fsp3) is 0.320. The van der Waals surface area contributed by atoms with Gasteiger partial charge in [0.1, 0.15) is 17.3 Å². The van der Waals surface area contributed by atoms with E-state index in [1.807, 2.05) is 13.0 Å². The molecule has 0 spiro atoms. The van der Waals surface area contributed by atoms with Crippen LogP contribution in [0.15, 0.2) is 66.9 Å². The average Bonchev–Trinajstić information content (AvgIpc) is 2.80. The van der Waals surface area contributed by atoms with Crippen molar-refractivity contribution in [2.45, 2.75) is 38.3 Å². The molecule has 0 bridgehead atoms. The first-order valence-electron chi connectivity index (χ1n) is 10.6. The number of ether oxygens (including phenoxy) is 1. The Morgan fingerprint density at radius 2 is 1.69 bits per heavy atom. The lowest BCUT2D eigenvalue weighted by molar-refractivity contribution is -0.137. The summed E-state index contributed by atoms with van der Waals surface area (Å²) >= 11 is 0. The Hall–Kier alpha value is -2.93. The first-order chi connectivity index (χ1) is 15.3. The van der Waals surface area contributed by atoms with Crippen molar-refractivity contribution in [3.63, 3.8) is 0 Å². The molecule has 1 aromatic heterocycles. The molecule has 0 aliphatic carbocycles. The zero-order valence-electron chi connectivity index (χ0n) is 17.8. The summed E-state index contributed by atoms with van der Waals surface area (Å²) in [6, 6.07) is 15.4. The number of benzene rings is 2. The fourth-order valence-corrected chi connectivity index (χ4v) is 3.50. The normalized spacial score (nSPS) is 14.4. The smallest absolute Gasteiger partial charge is 0.416 e. The van der Waals surface area contributed by atoms with Crippen LogP contribution in [-0.2, 0) is 12.6 Å². The third kappa shape index (κ3) is 7.05. The number of aryl methyl sites for hydroxylation is 1. The fourth-order valence-electron chi connectivity index (χ4n) is 3.50. The summed E-state index contributed by atoms with van der Waals surface area (Å²) in [4.78, 5) is 4.16. The summed E-state index contributed by atoms with van der Waals surface area (Å²) in [6.07, 6.45) is 0.138. The number of halogens is 4. The van der Waals surface area contributed by atoms with Gasteiger partial charge in [0, 0.05) is 24.0 Å². The predicted octanol–water partition coefficient (Wildman–Crippen LogP) is 6.75. The molecule has 3 nitrogen and oxygen atoms in total. The molecule has 2 heterocycles. The zero-order chi connectivity index (χ0) is 23.0. The summed E-state index contributed by atoms with van der Waals surface area (Å²) in [5.74, 6) is 1.14. The molecule has 1 aliphatic rings. The summed E-state index contributed by atoms with van der Waals surface area (Å²) in [7, 11) is 0. The molecule has 170 valence electrons. The van der Waals surface area contributed by atoms with Crippen molar-refractivity contribution in [3.05, 3.63) is 89.5 Å². The summed E-state index contributed by atoms with van der Waals surface area (Å²) in [6.45, 7) is 3.80. The van der Waals surface area contributed by atoms with Crippen LogP contribution in [0.5, 0.6) is 11.5 Å².